The van der Waals surface area contributed by atoms with Gasteiger partial charge in [-0.25, -0.2) is 0 Å². The Morgan fingerprint density at radius 1 is 0.630 bits per heavy atom. The van der Waals surface area contributed by atoms with E-state index >= 15 is 0 Å². The number of rotatable bonds is 6. The summed E-state index contributed by atoms with van der Waals surface area (Å²) < 4.78 is 1.27. The van der Waals surface area contributed by atoms with Crippen LogP contribution in [-0.4, -0.2) is 5.92 Å². The second kappa shape index (κ2) is 12.2. The molecule has 231 valence electrons. The van der Waals surface area contributed by atoms with Gasteiger partial charge in [-0.05, 0) is 0 Å². The average molecular weight is 695 g/mol. The van der Waals surface area contributed by atoms with Crippen molar-refractivity contribution < 1.29 is 20.9 Å². The van der Waals surface area contributed by atoms with Gasteiger partial charge >= 0.3 is 287 Å². The van der Waals surface area contributed by atoms with Gasteiger partial charge in [0.15, 0.2) is 0 Å². The Hall–Kier alpha value is -3.06. The molecule has 2 aliphatic carbocycles. The van der Waals surface area contributed by atoms with Crippen LogP contribution in [0, 0.1) is 5.92 Å². The second-order valence-electron chi connectivity index (χ2n) is 15.2. The molecule has 2 atom stereocenters. The van der Waals surface area contributed by atoms with E-state index in [4.69, 9.17) is 0 Å². The molecule has 7 rings (SSSR count). The van der Waals surface area contributed by atoms with E-state index in [1.165, 1.54) is 49.7 Å². The summed E-state index contributed by atoms with van der Waals surface area (Å²) in [6.07, 6.45) is 5.21. The van der Waals surface area contributed by atoms with Gasteiger partial charge in [0.05, 0.1) is 0 Å². The van der Waals surface area contributed by atoms with Gasteiger partial charge in [-0.15, -0.1) is 0 Å². The molecule has 0 bridgehead atoms. The quantitative estimate of drug-likeness (QED) is 0.155. The Balaban J connectivity index is 1.35. The topological polar surface area (TPSA) is 0 Å². The molecule has 46 heavy (non-hydrogen) atoms. The van der Waals surface area contributed by atoms with Gasteiger partial charge in [0.1, 0.15) is 0 Å². The summed E-state index contributed by atoms with van der Waals surface area (Å²) in [7, 11) is 0. The average Bonchev–Trinajstić information content (AvgIpc) is 3.58. The van der Waals surface area contributed by atoms with E-state index in [9.17, 15) is 0 Å². The third-order valence-corrected chi connectivity index (χ3v) is 32.4. The Labute approximate surface area is 285 Å². The van der Waals surface area contributed by atoms with Gasteiger partial charge in [0, 0.05) is 0 Å². The number of hydrogen-bond donors (Lipinski definition) is 0. The summed E-state index contributed by atoms with van der Waals surface area (Å²) in [5.74, 6) is -0.417. The molecular formula is C44H47SiZr. The molecule has 0 saturated heterocycles. The van der Waals surface area contributed by atoms with E-state index in [1.807, 2.05) is 0 Å². The molecular weight excluding hydrogens is 648 g/mol. The van der Waals surface area contributed by atoms with E-state index in [0.717, 1.165) is 0 Å². The molecule has 0 aliphatic heterocycles. The van der Waals surface area contributed by atoms with Crippen LogP contribution in [0.15, 0.2) is 114 Å². The van der Waals surface area contributed by atoms with Crippen molar-refractivity contribution in [1.29, 1.82) is 0 Å². The first-order valence-corrected chi connectivity index (χ1v) is 27.1. The zero-order valence-electron chi connectivity index (χ0n) is 28.8. The van der Waals surface area contributed by atoms with E-state index in [0.29, 0.717) is 13.2 Å². The molecule has 2 heteroatoms. The van der Waals surface area contributed by atoms with Crippen molar-refractivity contribution in [2.75, 3.05) is 0 Å². The van der Waals surface area contributed by atoms with Gasteiger partial charge in [0.2, 0.25) is 0 Å². The molecule has 2 aliphatic rings. The number of allylic oxidation sites excluding steroid dienone is 2. The van der Waals surface area contributed by atoms with Gasteiger partial charge < -0.3 is 0 Å². The van der Waals surface area contributed by atoms with Crippen molar-refractivity contribution in [3.05, 3.63) is 142 Å². The fourth-order valence-electron chi connectivity index (χ4n) is 8.22. The molecule has 0 spiro atoms. The second-order valence-corrected chi connectivity index (χ2v) is 35.2. The first kappa shape index (κ1) is 31.5. The summed E-state index contributed by atoms with van der Waals surface area (Å²) in [6.45, 7) is 19.6. The van der Waals surface area contributed by atoms with Crippen molar-refractivity contribution in [2.24, 2.45) is 5.92 Å². The van der Waals surface area contributed by atoms with Crippen molar-refractivity contribution in [2.45, 2.75) is 67.3 Å². The zero-order chi connectivity index (χ0) is 32.3. The van der Waals surface area contributed by atoms with Crippen molar-refractivity contribution >= 4 is 28.8 Å². The van der Waals surface area contributed by atoms with Crippen LogP contribution in [0.3, 0.4) is 0 Å². The minimum absolute atomic E-state index is 0.161. The standard InChI is InChI=1S/C22H19.C20H21.C2H7Si.Zr/c1-15(2)18-13-17-9-6-12-21(22(17)14-18)20-11-5-8-16-7-3-4-10-19(16)20;1-14-12-16-6-5-7-18(19(16)13-14)15-8-10-17(11-9-15)20(2,3)4;1-3-2;/h3-15H,1-2H3;5-13H,1-4H3;3H,1-2H3;. The molecule has 0 N–H and O–H groups in total. The zero-order valence-corrected chi connectivity index (χ0v) is 32.4. The third kappa shape index (κ3) is 5.40. The van der Waals surface area contributed by atoms with Crippen molar-refractivity contribution in [3.63, 3.8) is 0 Å². The van der Waals surface area contributed by atoms with Crippen LogP contribution in [0.1, 0.15) is 76.6 Å². The van der Waals surface area contributed by atoms with Crippen LogP contribution >= 0.6 is 0 Å². The van der Waals surface area contributed by atoms with Crippen LogP contribution in [0.2, 0.25) is 13.1 Å². The van der Waals surface area contributed by atoms with Crippen molar-refractivity contribution in [1.82, 2.24) is 0 Å². The molecule has 5 aromatic carbocycles. The van der Waals surface area contributed by atoms with Crippen LogP contribution in [0.5, 0.6) is 0 Å². The maximum atomic E-state index is 2.68. The minimum atomic E-state index is -2.18. The van der Waals surface area contributed by atoms with E-state index in [1.54, 1.807) is 22.3 Å². The summed E-state index contributed by atoms with van der Waals surface area (Å²) >= 11 is -2.18. The molecule has 2 unspecified atom stereocenters. The molecule has 0 nitrogen and oxygen atoms in total. The number of benzene rings is 5. The van der Waals surface area contributed by atoms with E-state index in [2.05, 4.69) is 170 Å². The summed E-state index contributed by atoms with van der Waals surface area (Å²) in [6, 6.07) is 39.5. The summed E-state index contributed by atoms with van der Waals surface area (Å²) in [5, 5.41) is 2.67. The predicted octanol–water partition coefficient (Wildman–Crippen LogP) is 12.3. The maximum absolute atomic E-state index is 2.68. The van der Waals surface area contributed by atoms with Gasteiger partial charge in [-0.3, -0.25) is 0 Å². The number of hydrogen-bond acceptors (Lipinski definition) is 0. The normalized spacial score (nSPS) is 17.3. The van der Waals surface area contributed by atoms with Gasteiger partial charge in [-0.2, -0.15) is 0 Å². The Kier molecular flexibility index (Phi) is 8.36. The van der Waals surface area contributed by atoms with E-state index < -0.39 is 26.8 Å². The third-order valence-electron chi connectivity index (χ3n) is 10.5. The van der Waals surface area contributed by atoms with Crippen LogP contribution < -0.4 is 0 Å². The molecule has 0 amide bonds. The SMILES string of the molecule is CC1=Cc2c(-c3ccc(C(C)(C)C)cc3)cccc2[CH]1[Zr]([CH]1C(C(C)C)=Cc2c(-c3cccc4ccccc34)cccc21)[SiH](C)C. The molecule has 0 fully saturated rings. The fourth-order valence-corrected chi connectivity index (χ4v) is 31.5. The molecule has 0 saturated carbocycles. The summed E-state index contributed by atoms with van der Waals surface area (Å²) in [5.41, 5.74) is 16.6. The monoisotopic (exact) mass is 693 g/mol. The van der Waals surface area contributed by atoms with E-state index in [-0.39, 0.29) is 5.41 Å². The first-order chi connectivity index (χ1) is 22.0. The van der Waals surface area contributed by atoms with Gasteiger partial charge in [-0.1, -0.05) is 0 Å². The fraction of sp³-hybridized carbons (Fsp3) is 0.273. The van der Waals surface area contributed by atoms with Crippen LogP contribution in [0.25, 0.3) is 45.2 Å². The molecule has 0 aromatic heterocycles. The summed E-state index contributed by atoms with van der Waals surface area (Å²) in [4.78, 5) is 0. The van der Waals surface area contributed by atoms with Crippen molar-refractivity contribution in [3.8, 4) is 22.3 Å². The first-order valence-electron chi connectivity index (χ1n) is 17.2. The Bertz CT molecular complexity index is 2000. The van der Waals surface area contributed by atoms with Crippen LogP contribution in [0.4, 0.5) is 0 Å². The predicted molar refractivity (Wildman–Crippen MR) is 201 cm³/mol. The number of fused-ring (bicyclic) bond motifs is 3. The van der Waals surface area contributed by atoms with Gasteiger partial charge in [0.25, 0.3) is 0 Å². The molecule has 0 heterocycles. The Morgan fingerprint density at radius 3 is 1.89 bits per heavy atom. The molecule has 0 radical (unpaired) electrons. The Morgan fingerprint density at radius 2 is 1.22 bits per heavy atom. The van der Waals surface area contributed by atoms with Crippen LogP contribution in [-0.2, 0) is 26.3 Å². The molecule has 5 aromatic rings.